The van der Waals surface area contributed by atoms with Crippen LogP contribution < -0.4 is 0 Å². The Labute approximate surface area is 183 Å². The van der Waals surface area contributed by atoms with E-state index in [1.54, 1.807) is 4.90 Å². The molecule has 7 nitrogen and oxygen atoms in total. The van der Waals surface area contributed by atoms with Gasteiger partial charge in [-0.05, 0) is 66.4 Å². The van der Waals surface area contributed by atoms with E-state index in [1.165, 1.54) is 11.3 Å². The van der Waals surface area contributed by atoms with E-state index in [0.29, 0.717) is 13.1 Å². The Balaban J connectivity index is 1.69. The molecule has 8 heteroatoms. The smallest absolute Gasteiger partial charge is 0.410 e. The molecule has 0 aromatic carbocycles. The van der Waals surface area contributed by atoms with Crippen molar-refractivity contribution in [2.75, 3.05) is 19.6 Å². The van der Waals surface area contributed by atoms with Crippen molar-refractivity contribution in [1.82, 2.24) is 19.6 Å². The lowest BCUT2D eigenvalue weighted by Gasteiger charge is -2.37. The van der Waals surface area contributed by atoms with Gasteiger partial charge in [0.1, 0.15) is 10.4 Å². The summed E-state index contributed by atoms with van der Waals surface area (Å²) in [4.78, 5) is 31.4. The molecule has 0 radical (unpaired) electrons. The van der Waals surface area contributed by atoms with Crippen LogP contribution in [0.2, 0.25) is 0 Å². The van der Waals surface area contributed by atoms with Gasteiger partial charge < -0.3 is 14.5 Å². The molecule has 0 N–H and O–H groups in total. The minimum atomic E-state index is -0.521. The molecule has 2 aromatic rings. The van der Waals surface area contributed by atoms with Gasteiger partial charge in [-0.1, -0.05) is 0 Å². The van der Waals surface area contributed by atoms with Crippen LogP contribution in [0.5, 0.6) is 0 Å². The number of likely N-dealkylation sites (tertiary alicyclic amines) is 1. The lowest BCUT2D eigenvalue weighted by Crippen LogP contribution is -2.48. The third-order valence-electron chi connectivity index (χ3n) is 5.42. The predicted octanol–water partition coefficient (Wildman–Crippen LogP) is 4.44. The van der Waals surface area contributed by atoms with Crippen LogP contribution in [0.1, 0.15) is 62.8 Å². The fourth-order valence-electron chi connectivity index (χ4n) is 3.96. The molecule has 30 heavy (non-hydrogen) atoms. The number of carbonyl (C=O) groups is 2. The number of hydrogen-bond donors (Lipinski definition) is 0. The highest BCUT2D eigenvalue weighted by molar-refractivity contribution is 7.20. The second kappa shape index (κ2) is 8.57. The van der Waals surface area contributed by atoms with E-state index < -0.39 is 5.60 Å². The summed E-state index contributed by atoms with van der Waals surface area (Å²) in [6, 6.07) is 2.01. The summed E-state index contributed by atoms with van der Waals surface area (Å²) in [5, 5.41) is 5.47. The maximum absolute atomic E-state index is 13.2. The highest BCUT2D eigenvalue weighted by Crippen LogP contribution is 2.30. The van der Waals surface area contributed by atoms with Crippen molar-refractivity contribution in [3.8, 4) is 0 Å². The highest BCUT2D eigenvalue weighted by Gasteiger charge is 2.31. The van der Waals surface area contributed by atoms with Crippen molar-refractivity contribution in [2.24, 2.45) is 13.0 Å². The van der Waals surface area contributed by atoms with Crippen LogP contribution >= 0.6 is 11.3 Å². The van der Waals surface area contributed by atoms with Crippen molar-refractivity contribution in [2.45, 2.75) is 66.0 Å². The lowest BCUT2D eigenvalue weighted by molar-refractivity contribution is 0.0124. The fourth-order valence-corrected chi connectivity index (χ4v) is 5.05. The van der Waals surface area contributed by atoms with Crippen LogP contribution in [-0.2, 0) is 11.8 Å². The number of aryl methyl sites for hydroxylation is 2. The molecule has 1 aliphatic rings. The van der Waals surface area contributed by atoms with Crippen molar-refractivity contribution < 1.29 is 14.3 Å². The second-order valence-electron chi connectivity index (χ2n) is 9.52. The van der Waals surface area contributed by atoms with Crippen LogP contribution in [0.15, 0.2) is 6.07 Å². The molecule has 2 amide bonds. The number of carbonyl (C=O) groups excluding carboxylic acids is 2. The van der Waals surface area contributed by atoms with Crippen molar-refractivity contribution in [3.05, 3.63) is 16.6 Å². The summed E-state index contributed by atoms with van der Waals surface area (Å²) in [5.74, 6) is 0.323. The number of piperidine rings is 1. The van der Waals surface area contributed by atoms with Crippen molar-refractivity contribution in [3.63, 3.8) is 0 Å². The first-order chi connectivity index (χ1) is 14.0. The fraction of sp³-hybridized carbons (Fsp3) is 0.682. The summed E-state index contributed by atoms with van der Waals surface area (Å²) >= 11 is 1.50. The first kappa shape index (κ1) is 22.6. The molecular weight excluding hydrogens is 400 g/mol. The molecule has 1 fully saturated rings. The predicted molar refractivity (Wildman–Crippen MR) is 120 cm³/mol. The van der Waals surface area contributed by atoms with Crippen molar-refractivity contribution >= 4 is 33.6 Å². The molecule has 3 heterocycles. The minimum absolute atomic E-state index is 0.0454. The van der Waals surface area contributed by atoms with Gasteiger partial charge in [0.15, 0.2) is 0 Å². The zero-order valence-electron chi connectivity index (χ0n) is 19.2. The molecule has 0 spiro atoms. The number of ether oxygens (including phenoxy) is 1. The molecule has 0 saturated carbocycles. The first-order valence-corrected chi connectivity index (χ1v) is 11.5. The molecule has 3 rings (SSSR count). The van der Waals surface area contributed by atoms with Gasteiger partial charge in [-0.2, -0.15) is 5.10 Å². The number of fused-ring (bicyclic) bond motifs is 1. The van der Waals surface area contributed by atoms with Crippen LogP contribution in [0.25, 0.3) is 10.2 Å². The molecule has 1 unspecified atom stereocenters. The molecule has 2 aromatic heterocycles. The monoisotopic (exact) mass is 434 g/mol. The van der Waals surface area contributed by atoms with Crippen LogP contribution in [-0.4, -0.2) is 62.9 Å². The Morgan fingerprint density at radius 1 is 1.37 bits per heavy atom. The van der Waals surface area contributed by atoms with Crippen LogP contribution in [0, 0.1) is 12.8 Å². The third-order valence-corrected chi connectivity index (χ3v) is 6.61. The summed E-state index contributed by atoms with van der Waals surface area (Å²) in [6.07, 6.45) is 1.67. The largest absolute Gasteiger partial charge is 0.444 e. The molecule has 0 aliphatic carbocycles. The van der Waals surface area contributed by atoms with E-state index in [-0.39, 0.29) is 24.0 Å². The van der Waals surface area contributed by atoms with Crippen LogP contribution in [0.3, 0.4) is 0 Å². The third kappa shape index (κ3) is 4.96. The van der Waals surface area contributed by atoms with Gasteiger partial charge in [-0.3, -0.25) is 9.48 Å². The van der Waals surface area contributed by atoms with Gasteiger partial charge >= 0.3 is 6.09 Å². The SMILES string of the molecule is Cc1nn(C)c2sc(C(=O)N3CCCC(CN(C(=O)OC(C)(C)C)C(C)C)C3)cc12. The lowest BCUT2D eigenvalue weighted by atomic mass is 9.97. The number of hydrogen-bond acceptors (Lipinski definition) is 5. The Bertz CT molecular complexity index is 890. The Hall–Kier alpha value is -2.09. The van der Waals surface area contributed by atoms with Gasteiger partial charge in [0.05, 0.1) is 10.6 Å². The molecule has 1 aliphatic heterocycles. The topological polar surface area (TPSA) is 67.7 Å². The maximum atomic E-state index is 13.2. The normalized spacial score (nSPS) is 17.6. The van der Waals surface area contributed by atoms with Gasteiger partial charge in [0.25, 0.3) is 5.91 Å². The van der Waals surface area contributed by atoms with E-state index in [4.69, 9.17) is 4.74 Å². The summed E-state index contributed by atoms with van der Waals surface area (Å²) in [7, 11) is 1.91. The van der Waals surface area contributed by atoms with Gasteiger partial charge in [0, 0.05) is 38.1 Å². The molecule has 1 saturated heterocycles. The number of aromatic nitrogens is 2. The molecule has 0 bridgehead atoms. The van der Waals surface area contributed by atoms with E-state index in [0.717, 1.165) is 40.2 Å². The minimum Gasteiger partial charge on any atom is -0.444 e. The number of thiophene rings is 1. The quantitative estimate of drug-likeness (QED) is 0.713. The number of rotatable bonds is 4. The highest BCUT2D eigenvalue weighted by atomic mass is 32.1. The average molecular weight is 435 g/mol. The zero-order valence-corrected chi connectivity index (χ0v) is 20.0. The summed E-state index contributed by atoms with van der Waals surface area (Å²) in [5.41, 5.74) is 0.428. The maximum Gasteiger partial charge on any atom is 0.410 e. The Kier molecular flexibility index (Phi) is 6.45. The van der Waals surface area contributed by atoms with E-state index >= 15 is 0 Å². The van der Waals surface area contributed by atoms with E-state index in [9.17, 15) is 9.59 Å². The molecular formula is C22H34N4O3S. The molecule has 166 valence electrons. The van der Waals surface area contributed by atoms with Gasteiger partial charge in [-0.15, -0.1) is 11.3 Å². The van der Waals surface area contributed by atoms with Crippen LogP contribution in [0.4, 0.5) is 4.79 Å². The molecule has 1 atom stereocenters. The van der Waals surface area contributed by atoms with Gasteiger partial charge in [0.2, 0.25) is 0 Å². The zero-order chi connectivity index (χ0) is 22.2. The number of amides is 2. The first-order valence-electron chi connectivity index (χ1n) is 10.7. The van der Waals surface area contributed by atoms with Gasteiger partial charge in [-0.25, -0.2) is 4.79 Å². The Morgan fingerprint density at radius 2 is 2.07 bits per heavy atom. The van der Waals surface area contributed by atoms with E-state index in [1.807, 2.05) is 64.2 Å². The standard InChI is InChI=1S/C22H34N4O3S/c1-14(2)26(21(28)29-22(4,5)6)13-16-9-8-10-25(12-16)19(27)18-11-17-15(3)23-24(7)20(17)30-18/h11,14,16H,8-10,12-13H2,1-7H3. The summed E-state index contributed by atoms with van der Waals surface area (Å²) < 4.78 is 7.43. The second-order valence-corrected chi connectivity index (χ2v) is 10.6. The average Bonchev–Trinajstić information content (AvgIpc) is 3.19. The van der Waals surface area contributed by atoms with E-state index in [2.05, 4.69) is 5.10 Å². The summed E-state index contributed by atoms with van der Waals surface area (Å²) in [6.45, 7) is 13.6. The van der Waals surface area contributed by atoms with Crippen molar-refractivity contribution in [1.29, 1.82) is 0 Å². The number of nitrogens with zero attached hydrogens (tertiary/aromatic N) is 4. The Morgan fingerprint density at radius 3 is 2.67 bits per heavy atom.